The molecule has 1 atom stereocenters. The third-order valence-electron chi connectivity index (χ3n) is 4.97. The molecule has 2 saturated heterocycles. The van der Waals surface area contributed by atoms with Crippen LogP contribution in [0.3, 0.4) is 0 Å². The van der Waals surface area contributed by atoms with E-state index in [0.717, 1.165) is 31.1 Å². The van der Waals surface area contributed by atoms with Gasteiger partial charge in [0.15, 0.2) is 0 Å². The number of carbonyl (C=O) groups is 1. The minimum Gasteiger partial charge on any atom is -0.337 e. The molecule has 1 amide bonds. The van der Waals surface area contributed by atoms with Gasteiger partial charge in [-0.1, -0.05) is 12.8 Å². The standard InChI is InChI=1S/C17H28N4OS.2ClH/c18-10-16-19-15(13-23-16)17(22)21-9-5-6-14(12-21)11-20-7-3-1-2-4-8-20;;/h13-14H,1-12,18H2;2*1H. The summed E-state index contributed by atoms with van der Waals surface area (Å²) in [4.78, 5) is 21.6. The Morgan fingerprint density at radius 3 is 2.52 bits per heavy atom. The molecule has 0 saturated carbocycles. The van der Waals surface area contributed by atoms with Crippen molar-refractivity contribution in [3.63, 3.8) is 0 Å². The Morgan fingerprint density at radius 1 is 1.16 bits per heavy atom. The van der Waals surface area contributed by atoms with E-state index in [9.17, 15) is 4.79 Å². The van der Waals surface area contributed by atoms with Crippen LogP contribution in [0.1, 0.15) is 54.0 Å². The Morgan fingerprint density at radius 2 is 1.88 bits per heavy atom. The number of carbonyl (C=O) groups excluding carboxylic acids is 1. The van der Waals surface area contributed by atoms with Crippen LogP contribution < -0.4 is 5.73 Å². The molecule has 2 N–H and O–H groups in total. The third kappa shape index (κ3) is 6.36. The lowest BCUT2D eigenvalue weighted by Gasteiger charge is -2.35. The predicted octanol–water partition coefficient (Wildman–Crippen LogP) is 3.17. The molecule has 1 aromatic heterocycles. The van der Waals surface area contributed by atoms with E-state index in [-0.39, 0.29) is 30.7 Å². The molecular weight excluding hydrogens is 379 g/mol. The first-order chi connectivity index (χ1) is 11.3. The van der Waals surface area contributed by atoms with E-state index in [1.54, 1.807) is 0 Å². The highest BCUT2D eigenvalue weighted by Gasteiger charge is 2.27. The van der Waals surface area contributed by atoms with Crippen LogP contribution in [0.15, 0.2) is 5.38 Å². The molecule has 25 heavy (non-hydrogen) atoms. The number of amides is 1. The summed E-state index contributed by atoms with van der Waals surface area (Å²) in [7, 11) is 0. The summed E-state index contributed by atoms with van der Waals surface area (Å²) < 4.78 is 0. The van der Waals surface area contributed by atoms with Crippen LogP contribution in [-0.4, -0.2) is 53.4 Å². The van der Waals surface area contributed by atoms with Crippen molar-refractivity contribution in [2.45, 2.75) is 45.1 Å². The number of hydrogen-bond acceptors (Lipinski definition) is 5. The highest BCUT2D eigenvalue weighted by Crippen LogP contribution is 2.22. The molecule has 2 aliphatic heterocycles. The van der Waals surface area contributed by atoms with Gasteiger partial charge in [-0.15, -0.1) is 36.2 Å². The Hall–Kier alpha value is -0.400. The maximum absolute atomic E-state index is 12.6. The first-order valence-electron chi connectivity index (χ1n) is 8.92. The van der Waals surface area contributed by atoms with E-state index in [4.69, 9.17) is 5.73 Å². The van der Waals surface area contributed by atoms with E-state index < -0.39 is 0 Å². The zero-order valence-corrected chi connectivity index (χ0v) is 17.1. The number of piperidine rings is 1. The van der Waals surface area contributed by atoms with E-state index in [1.807, 2.05) is 10.3 Å². The molecule has 0 radical (unpaired) electrons. The largest absolute Gasteiger partial charge is 0.337 e. The first-order valence-corrected chi connectivity index (χ1v) is 9.80. The van der Waals surface area contributed by atoms with Crippen molar-refractivity contribution >= 4 is 42.1 Å². The molecule has 8 heteroatoms. The highest BCUT2D eigenvalue weighted by molar-refractivity contribution is 7.09. The normalized spacial score (nSPS) is 21.8. The van der Waals surface area contributed by atoms with Gasteiger partial charge < -0.3 is 15.5 Å². The quantitative estimate of drug-likeness (QED) is 0.830. The summed E-state index contributed by atoms with van der Waals surface area (Å²) in [6.07, 6.45) is 7.76. The number of rotatable bonds is 4. The average molecular weight is 409 g/mol. The van der Waals surface area contributed by atoms with Gasteiger partial charge in [-0.2, -0.15) is 0 Å². The number of nitrogens with two attached hydrogens (primary N) is 1. The Balaban J connectivity index is 0.00000156. The highest BCUT2D eigenvalue weighted by atomic mass is 35.5. The monoisotopic (exact) mass is 408 g/mol. The van der Waals surface area contributed by atoms with Crippen molar-refractivity contribution in [3.05, 3.63) is 16.1 Å². The van der Waals surface area contributed by atoms with Crippen LogP contribution in [-0.2, 0) is 6.54 Å². The zero-order valence-electron chi connectivity index (χ0n) is 14.7. The molecule has 3 heterocycles. The summed E-state index contributed by atoms with van der Waals surface area (Å²) >= 11 is 1.48. The number of aromatic nitrogens is 1. The Bertz CT molecular complexity index is 521. The van der Waals surface area contributed by atoms with Crippen molar-refractivity contribution in [2.75, 3.05) is 32.7 Å². The minimum atomic E-state index is 0. The lowest BCUT2D eigenvalue weighted by Crippen LogP contribution is -2.44. The second kappa shape index (κ2) is 11.3. The molecule has 1 aromatic rings. The van der Waals surface area contributed by atoms with E-state index in [0.29, 0.717) is 18.2 Å². The summed E-state index contributed by atoms with van der Waals surface area (Å²) in [6, 6.07) is 0. The van der Waals surface area contributed by atoms with Crippen LogP contribution in [0.25, 0.3) is 0 Å². The predicted molar refractivity (Wildman–Crippen MR) is 108 cm³/mol. The summed E-state index contributed by atoms with van der Waals surface area (Å²) in [5.41, 5.74) is 6.17. The van der Waals surface area contributed by atoms with E-state index in [1.165, 1.54) is 56.5 Å². The van der Waals surface area contributed by atoms with E-state index >= 15 is 0 Å². The van der Waals surface area contributed by atoms with Gasteiger partial charge in [-0.3, -0.25) is 4.79 Å². The number of likely N-dealkylation sites (tertiary alicyclic amines) is 2. The zero-order chi connectivity index (χ0) is 16.1. The summed E-state index contributed by atoms with van der Waals surface area (Å²) in [6.45, 7) is 5.77. The fraction of sp³-hybridized carbons (Fsp3) is 0.765. The Kier molecular flexibility index (Phi) is 10.3. The molecule has 2 fully saturated rings. The lowest BCUT2D eigenvalue weighted by molar-refractivity contribution is 0.0636. The van der Waals surface area contributed by atoms with Crippen LogP contribution in [0, 0.1) is 5.92 Å². The smallest absolute Gasteiger partial charge is 0.273 e. The minimum absolute atomic E-state index is 0. The molecular formula is C17H30Cl2N4OS. The molecule has 0 bridgehead atoms. The average Bonchev–Trinajstić information content (AvgIpc) is 2.92. The van der Waals surface area contributed by atoms with Gasteiger partial charge >= 0.3 is 0 Å². The SMILES string of the molecule is Cl.Cl.NCc1nc(C(=O)N2CCCC(CN3CCCCCC3)C2)cs1. The van der Waals surface area contributed by atoms with Crippen molar-refractivity contribution in [3.8, 4) is 0 Å². The second-order valence-corrected chi connectivity index (χ2v) is 7.75. The number of hydrogen-bond donors (Lipinski definition) is 1. The maximum Gasteiger partial charge on any atom is 0.273 e. The van der Waals surface area contributed by atoms with Crippen LogP contribution >= 0.6 is 36.2 Å². The number of thiazole rings is 1. The summed E-state index contributed by atoms with van der Waals surface area (Å²) in [5.74, 6) is 0.694. The van der Waals surface area contributed by atoms with Crippen molar-refractivity contribution < 1.29 is 4.79 Å². The van der Waals surface area contributed by atoms with Gasteiger partial charge in [0.2, 0.25) is 0 Å². The van der Waals surface area contributed by atoms with Crippen molar-refractivity contribution in [2.24, 2.45) is 11.7 Å². The second-order valence-electron chi connectivity index (χ2n) is 6.80. The van der Waals surface area contributed by atoms with Gasteiger partial charge in [-0.05, 0) is 44.7 Å². The maximum atomic E-state index is 12.6. The molecule has 144 valence electrons. The molecule has 3 rings (SSSR count). The summed E-state index contributed by atoms with van der Waals surface area (Å²) in [5, 5.41) is 2.69. The first kappa shape index (κ1) is 22.6. The van der Waals surface area contributed by atoms with Crippen molar-refractivity contribution in [1.82, 2.24) is 14.8 Å². The third-order valence-corrected chi connectivity index (χ3v) is 5.84. The van der Waals surface area contributed by atoms with Gasteiger partial charge in [0, 0.05) is 31.6 Å². The molecule has 0 spiro atoms. The Labute approximate surface area is 167 Å². The van der Waals surface area contributed by atoms with Crippen LogP contribution in [0.2, 0.25) is 0 Å². The molecule has 0 aliphatic carbocycles. The molecule has 0 aromatic carbocycles. The van der Waals surface area contributed by atoms with Gasteiger partial charge in [-0.25, -0.2) is 4.98 Å². The van der Waals surface area contributed by atoms with Gasteiger partial charge in [0.25, 0.3) is 5.91 Å². The van der Waals surface area contributed by atoms with Gasteiger partial charge in [0.05, 0.1) is 0 Å². The fourth-order valence-corrected chi connectivity index (χ4v) is 4.40. The number of nitrogens with zero attached hydrogens (tertiary/aromatic N) is 3. The molecule has 5 nitrogen and oxygen atoms in total. The molecule has 2 aliphatic rings. The van der Waals surface area contributed by atoms with Crippen LogP contribution in [0.4, 0.5) is 0 Å². The number of halogens is 2. The van der Waals surface area contributed by atoms with Crippen LogP contribution in [0.5, 0.6) is 0 Å². The molecule has 1 unspecified atom stereocenters. The van der Waals surface area contributed by atoms with E-state index in [2.05, 4.69) is 9.88 Å². The fourth-order valence-electron chi connectivity index (χ4n) is 3.75. The topological polar surface area (TPSA) is 62.5 Å². The lowest BCUT2D eigenvalue weighted by atomic mass is 9.97. The van der Waals surface area contributed by atoms with Gasteiger partial charge in [0.1, 0.15) is 10.7 Å². The van der Waals surface area contributed by atoms with Crippen molar-refractivity contribution in [1.29, 1.82) is 0 Å².